The van der Waals surface area contributed by atoms with Crippen molar-refractivity contribution in [3.05, 3.63) is 0 Å². The van der Waals surface area contributed by atoms with E-state index in [0.29, 0.717) is 12.0 Å². The molecule has 1 atom stereocenters. The highest BCUT2D eigenvalue weighted by atomic mass is 127. The van der Waals surface area contributed by atoms with Crippen molar-refractivity contribution in [2.75, 3.05) is 79.8 Å². The first-order chi connectivity index (χ1) is 13.1. The molecule has 28 heavy (non-hydrogen) atoms. The molecule has 0 amide bonds. The van der Waals surface area contributed by atoms with E-state index in [1.165, 1.54) is 6.42 Å². The Labute approximate surface area is 190 Å². The van der Waals surface area contributed by atoms with Crippen LogP contribution in [0.25, 0.3) is 0 Å². The van der Waals surface area contributed by atoms with E-state index in [-0.39, 0.29) is 24.0 Å². The van der Waals surface area contributed by atoms with Gasteiger partial charge in [-0.25, -0.2) is 0 Å². The van der Waals surface area contributed by atoms with E-state index >= 15 is 0 Å². The molecule has 1 aliphatic heterocycles. The zero-order valence-electron chi connectivity index (χ0n) is 18.7. The summed E-state index contributed by atoms with van der Waals surface area (Å²) in [6.07, 6.45) is 2.26. The molecule has 1 rings (SSSR count). The largest absolute Gasteiger partial charge is 0.383 e. The van der Waals surface area contributed by atoms with Crippen molar-refractivity contribution in [3.63, 3.8) is 0 Å². The second-order valence-corrected chi connectivity index (χ2v) is 7.73. The van der Waals surface area contributed by atoms with Gasteiger partial charge in [0, 0.05) is 45.9 Å². The lowest BCUT2D eigenvalue weighted by Crippen LogP contribution is -2.46. The Hall–Kier alpha value is -0.160. The Bertz CT molecular complexity index is 393. The summed E-state index contributed by atoms with van der Waals surface area (Å²) in [6, 6.07) is 0.490. The monoisotopic (exact) mass is 513 g/mol. The molecule has 8 heteroatoms. The summed E-state index contributed by atoms with van der Waals surface area (Å²) in [5, 5.41) is 6.86. The standard InChI is InChI=1S/C20H43N5O2.HI/c1-6-21-20(22-8-7-9-24(4)10-13-26-5)23-17-19(16-18(2)3)25-11-14-27-15-12-25;/h18-19H,6-17H2,1-5H3,(H2,21,22,23);1H. The number of aliphatic imine (C=N–C) groups is 1. The molecule has 168 valence electrons. The predicted octanol–water partition coefficient (Wildman–Crippen LogP) is 1.87. The lowest BCUT2D eigenvalue weighted by Gasteiger charge is -2.34. The molecule has 1 unspecified atom stereocenters. The van der Waals surface area contributed by atoms with Crippen molar-refractivity contribution in [1.82, 2.24) is 20.4 Å². The highest BCUT2D eigenvalue weighted by Gasteiger charge is 2.21. The molecule has 0 spiro atoms. The summed E-state index contributed by atoms with van der Waals surface area (Å²) in [7, 11) is 3.88. The van der Waals surface area contributed by atoms with Crippen molar-refractivity contribution < 1.29 is 9.47 Å². The number of ether oxygens (including phenoxy) is 2. The average Bonchev–Trinajstić information content (AvgIpc) is 2.66. The zero-order chi connectivity index (χ0) is 19.9. The van der Waals surface area contributed by atoms with Gasteiger partial charge in [0.25, 0.3) is 0 Å². The highest BCUT2D eigenvalue weighted by molar-refractivity contribution is 14.0. The Balaban J connectivity index is 0.00000729. The summed E-state index contributed by atoms with van der Waals surface area (Å²) < 4.78 is 10.6. The SMILES string of the molecule is CCNC(=NCC(CC(C)C)N1CCOCC1)NCCCN(C)CCOC.I. The lowest BCUT2D eigenvalue weighted by molar-refractivity contribution is 0.0143. The van der Waals surface area contributed by atoms with E-state index < -0.39 is 0 Å². The van der Waals surface area contributed by atoms with Crippen LogP contribution in [0.4, 0.5) is 0 Å². The van der Waals surface area contributed by atoms with Gasteiger partial charge in [-0.1, -0.05) is 13.8 Å². The number of likely N-dealkylation sites (N-methyl/N-ethyl adjacent to an activating group) is 1. The van der Waals surface area contributed by atoms with E-state index in [2.05, 4.69) is 48.3 Å². The second kappa shape index (κ2) is 17.7. The average molecular weight is 514 g/mol. The van der Waals surface area contributed by atoms with E-state index in [0.717, 1.165) is 78.0 Å². The summed E-state index contributed by atoms with van der Waals surface area (Å²) in [5.74, 6) is 1.60. The predicted molar refractivity (Wildman–Crippen MR) is 129 cm³/mol. The molecule has 1 heterocycles. The normalized spacial score (nSPS) is 16.9. The van der Waals surface area contributed by atoms with Crippen molar-refractivity contribution in [3.8, 4) is 0 Å². The fraction of sp³-hybridized carbons (Fsp3) is 0.950. The number of guanidine groups is 1. The van der Waals surface area contributed by atoms with Gasteiger partial charge in [0.05, 0.1) is 26.4 Å². The van der Waals surface area contributed by atoms with Gasteiger partial charge in [0.15, 0.2) is 5.96 Å². The van der Waals surface area contributed by atoms with E-state index in [4.69, 9.17) is 14.5 Å². The molecule has 2 N–H and O–H groups in total. The van der Waals surface area contributed by atoms with E-state index in [9.17, 15) is 0 Å². The Morgan fingerprint density at radius 2 is 1.93 bits per heavy atom. The van der Waals surface area contributed by atoms with E-state index in [1.54, 1.807) is 7.11 Å². The second-order valence-electron chi connectivity index (χ2n) is 7.73. The third-order valence-corrected chi connectivity index (χ3v) is 4.80. The van der Waals surface area contributed by atoms with Crippen LogP contribution in [0.3, 0.4) is 0 Å². The molecule has 0 bridgehead atoms. The van der Waals surface area contributed by atoms with Crippen LogP contribution in [0.15, 0.2) is 4.99 Å². The molecule has 1 saturated heterocycles. The Morgan fingerprint density at radius 1 is 1.21 bits per heavy atom. The molecule has 1 fully saturated rings. The van der Waals surface area contributed by atoms with Crippen LogP contribution >= 0.6 is 24.0 Å². The summed E-state index contributed by atoms with van der Waals surface area (Å²) in [4.78, 5) is 9.73. The fourth-order valence-corrected chi connectivity index (χ4v) is 3.28. The van der Waals surface area contributed by atoms with Gasteiger partial charge in [-0.3, -0.25) is 9.89 Å². The number of rotatable bonds is 13. The number of hydrogen-bond donors (Lipinski definition) is 2. The molecule has 7 nitrogen and oxygen atoms in total. The molecule has 1 aliphatic rings. The van der Waals surface area contributed by atoms with Gasteiger partial charge >= 0.3 is 0 Å². The minimum atomic E-state index is 0. The molecule has 0 aromatic carbocycles. The van der Waals surface area contributed by atoms with Crippen molar-refractivity contribution in [1.29, 1.82) is 0 Å². The molecule has 0 saturated carbocycles. The van der Waals surface area contributed by atoms with Gasteiger partial charge in [-0.2, -0.15) is 0 Å². The first-order valence-electron chi connectivity index (χ1n) is 10.6. The topological polar surface area (TPSA) is 61.4 Å². The smallest absolute Gasteiger partial charge is 0.191 e. The molecule has 0 aromatic heterocycles. The van der Waals surface area contributed by atoms with Gasteiger partial charge in [-0.05, 0) is 39.3 Å². The summed E-state index contributed by atoms with van der Waals surface area (Å²) >= 11 is 0. The fourth-order valence-electron chi connectivity index (χ4n) is 3.28. The first kappa shape index (κ1) is 27.8. The van der Waals surface area contributed by atoms with Crippen molar-refractivity contribution in [2.24, 2.45) is 10.9 Å². The van der Waals surface area contributed by atoms with Crippen LogP contribution in [0.1, 0.15) is 33.6 Å². The quantitative estimate of drug-likeness (QED) is 0.170. The molecule has 0 aliphatic carbocycles. The lowest BCUT2D eigenvalue weighted by atomic mass is 10.0. The molecule has 0 aromatic rings. The Kier molecular flexibility index (Phi) is 17.6. The van der Waals surface area contributed by atoms with Gasteiger partial charge < -0.3 is 25.0 Å². The van der Waals surface area contributed by atoms with Crippen molar-refractivity contribution >= 4 is 29.9 Å². The molecular formula is C20H44IN5O2. The maximum Gasteiger partial charge on any atom is 0.191 e. The van der Waals surface area contributed by atoms with Crippen LogP contribution < -0.4 is 10.6 Å². The zero-order valence-corrected chi connectivity index (χ0v) is 21.0. The summed E-state index contributed by atoms with van der Waals surface area (Å²) in [5.41, 5.74) is 0. The molecular weight excluding hydrogens is 469 g/mol. The van der Waals surface area contributed by atoms with Gasteiger partial charge in [-0.15, -0.1) is 24.0 Å². The van der Waals surface area contributed by atoms with Gasteiger partial charge in [0.2, 0.25) is 0 Å². The number of hydrogen-bond acceptors (Lipinski definition) is 5. The van der Waals surface area contributed by atoms with Crippen LogP contribution in [0, 0.1) is 5.92 Å². The number of methoxy groups -OCH3 is 1. The maximum absolute atomic E-state index is 5.51. The maximum atomic E-state index is 5.51. The number of halogens is 1. The van der Waals surface area contributed by atoms with Crippen LogP contribution in [-0.4, -0.2) is 102 Å². The number of nitrogens with zero attached hydrogens (tertiary/aromatic N) is 3. The van der Waals surface area contributed by atoms with E-state index in [1.807, 2.05) is 0 Å². The Morgan fingerprint density at radius 3 is 2.54 bits per heavy atom. The molecule has 0 radical (unpaired) electrons. The van der Waals surface area contributed by atoms with Gasteiger partial charge in [0.1, 0.15) is 0 Å². The summed E-state index contributed by atoms with van der Waals surface area (Å²) in [6.45, 7) is 15.9. The van der Waals surface area contributed by atoms with Crippen LogP contribution in [0.5, 0.6) is 0 Å². The third-order valence-electron chi connectivity index (χ3n) is 4.80. The highest BCUT2D eigenvalue weighted by Crippen LogP contribution is 2.14. The third kappa shape index (κ3) is 13.1. The first-order valence-corrected chi connectivity index (χ1v) is 10.6. The number of morpholine rings is 1. The minimum absolute atomic E-state index is 0. The minimum Gasteiger partial charge on any atom is -0.383 e. The van der Waals surface area contributed by atoms with Crippen LogP contribution in [-0.2, 0) is 9.47 Å². The van der Waals surface area contributed by atoms with Crippen molar-refractivity contribution in [2.45, 2.75) is 39.7 Å². The number of nitrogens with one attached hydrogen (secondary N) is 2. The van der Waals surface area contributed by atoms with Crippen LogP contribution in [0.2, 0.25) is 0 Å².